The van der Waals surface area contributed by atoms with Crippen molar-refractivity contribution in [3.63, 3.8) is 0 Å². The van der Waals surface area contributed by atoms with Crippen LogP contribution in [0.1, 0.15) is 24.2 Å². The van der Waals surface area contributed by atoms with Gasteiger partial charge in [0.15, 0.2) is 0 Å². The Hall–Kier alpha value is -1.72. The Bertz CT molecular complexity index is 595. The molecule has 1 atom stereocenters. The number of piperazine rings is 1. The van der Waals surface area contributed by atoms with Gasteiger partial charge in [-0.25, -0.2) is 4.39 Å². The molecule has 5 heteroatoms. The predicted molar refractivity (Wildman–Crippen MR) is 80.3 cm³/mol. The normalized spacial score (nSPS) is 19.8. The van der Waals surface area contributed by atoms with Crippen LogP contribution in [0.15, 0.2) is 36.5 Å². The molecule has 2 aromatic rings. The van der Waals surface area contributed by atoms with Gasteiger partial charge in [0.1, 0.15) is 5.82 Å². The van der Waals surface area contributed by atoms with Crippen molar-refractivity contribution >= 4 is 0 Å². The van der Waals surface area contributed by atoms with E-state index in [-0.39, 0.29) is 11.9 Å². The molecule has 1 aromatic carbocycles. The second-order valence-corrected chi connectivity index (χ2v) is 5.38. The third-order valence-corrected chi connectivity index (χ3v) is 4.06. The van der Waals surface area contributed by atoms with Gasteiger partial charge in [-0.2, -0.15) is 5.10 Å². The molecule has 4 nitrogen and oxygen atoms in total. The molecule has 0 spiro atoms. The summed E-state index contributed by atoms with van der Waals surface area (Å²) in [5, 5.41) is 7.73. The first-order chi connectivity index (χ1) is 10.3. The van der Waals surface area contributed by atoms with Gasteiger partial charge in [-0.05, 0) is 30.7 Å². The molecule has 21 heavy (non-hydrogen) atoms. The van der Waals surface area contributed by atoms with Crippen LogP contribution in [0.2, 0.25) is 0 Å². The minimum absolute atomic E-state index is 0.170. The Morgan fingerprint density at radius 1 is 1.38 bits per heavy atom. The van der Waals surface area contributed by atoms with Crippen LogP contribution in [0.5, 0.6) is 0 Å². The van der Waals surface area contributed by atoms with E-state index in [0.717, 1.165) is 38.3 Å². The van der Waals surface area contributed by atoms with Crippen molar-refractivity contribution in [2.75, 3.05) is 19.6 Å². The lowest BCUT2D eigenvalue weighted by molar-refractivity contribution is 0.149. The van der Waals surface area contributed by atoms with Crippen molar-refractivity contribution in [3.8, 4) is 0 Å². The molecule has 0 radical (unpaired) electrons. The molecule has 1 saturated heterocycles. The second-order valence-electron chi connectivity index (χ2n) is 5.38. The second kappa shape index (κ2) is 6.37. The number of halogens is 1. The fourth-order valence-corrected chi connectivity index (χ4v) is 2.97. The number of hydrogen-bond acceptors (Lipinski definition) is 3. The van der Waals surface area contributed by atoms with Crippen LogP contribution >= 0.6 is 0 Å². The molecule has 1 unspecified atom stereocenters. The zero-order chi connectivity index (χ0) is 14.7. The standard InChI is InChI=1S/C16H21FN4/c1-2-21-15(6-7-19-21)12-20-9-8-18-11-16(20)13-4-3-5-14(17)10-13/h3-7,10,16,18H,2,8-9,11-12H2,1H3. The highest BCUT2D eigenvalue weighted by Crippen LogP contribution is 2.24. The van der Waals surface area contributed by atoms with E-state index in [4.69, 9.17) is 0 Å². The summed E-state index contributed by atoms with van der Waals surface area (Å²) in [4.78, 5) is 2.40. The molecule has 1 N–H and O–H groups in total. The smallest absolute Gasteiger partial charge is 0.123 e. The van der Waals surface area contributed by atoms with Crippen molar-refractivity contribution in [2.24, 2.45) is 0 Å². The SMILES string of the molecule is CCn1nccc1CN1CCNCC1c1cccc(F)c1. The Balaban J connectivity index is 1.81. The van der Waals surface area contributed by atoms with Gasteiger partial charge < -0.3 is 5.32 Å². The Kier molecular flexibility index (Phi) is 4.31. The number of aryl methyl sites for hydroxylation is 1. The third kappa shape index (κ3) is 3.14. The minimum Gasteiger partial charge on any atom is -0.314 e. The van der Waals surface area contributed by atoms with Crippen LogP contribution in [0, 0.1) is 5.82 Å². The average Bonchev–Trinajstić information content (AvgIpc) is 2.95. The Morgan fingerprint density at radius 3 is 3.10 bits per heavy atom. The number of nitrogens with one attached hydrogen (secondary N) is 1. The van der Waals surface area contributed by atoms with Crippen molar-refractivity contribution in [1.29, 1.82) is 0 Å². The van der Waals surface area contributed by atoms with Gasteiger partial charge in [0.25, 0.3) is 0 Å². The maximum atomic E-state index is 13.5. The molecule has 0 bridgehead atoms. The van der Waals surface area contributed by atoms with E-state index >= 15 is 0 Å². The summed E-state index contributed by atoms with van der Waals surface area (Å²) in [5.41, 5.74) is 2.24. The van der Waals surface area contributed by atoms with Crippen LogP contribution in [0.3, 0.4) is 0 Å². The van der Waals surface area contributed by atoms with Gasteiger partial charge >= 0.3 is 0 Å². The Morgan fingerprint density at radius 2 is 2.29 bits per heavy atom. The summed E-state index contributed by atoms with van der Waals surface area (Å²) >= 11 is 0. The van der Waals surface area contributed by atoms with E-state index in [9.17, 15) is 4.39 Å². The molecule has 0 aliphatic carbocycles. The molecular formula is C16H21FN4. The molecule has 1 fully saturated rings. The van der Waals surface area contributed by atoms with Crippen molar-refractivity contribution < 1.29 is 4.39 Å². The largest absolute Gasteiger partial charge is 0.314 e. The van der Waals surface area contributed by atoms with Crippen LogP contribution in [-0.4, -0.2) is 34.3 Å². The number of hydrogen-bond donors (Lipinski definition) is 1. The van der Waals surface area contributed by atoms with Crippen molar-refractivity contribution in [3.05, 3.63) is 53.6 Å². The van der Waals surface area contributed by atoms with Crippen LogP contribution < -0.4 is 5.32 Å². The van der Waals surface area contributed by atoms with Crippen LogP contribution in [-0.2, 0) is 13.1 Å². The topological polar surface area (TPSA) is 33.1 Å². The summed E-state index contributed by atoms with van der Waals surface area (Å²) in [5.74, 6) is -0.170. The third-order valence-electron chi connectivity index (χ3n) is 4.06. The summed E-state index contributed by atoms with van der Waals surface area (Å²) in [6.07, 6.45) is 1.85. The minimum atomic E-state index is -0.170. The number of rotatable bonds is 4. The summed E-state index contributed by atoms with van der Waals surface area (Å²) < 4.78 is 15.5. The first-order valence-corrected chi connectivity index (χ1v) is 7.49. The quantitative estimate of drug-likeness (QED) is 0.936. The summed E-state index contributed by atoms with van der Waals surface area (Å²) in [7, 11) is 0. The molecular weight excluding hydrogens is 267 g/mol. The lowest BCUT2D eigenvalue weighted by Crippen LogP contribution is -2.45. The monoisotopic (exact) mass is 288 g/mol. The molecule has 0 amide bonds. The van der Waals surface area contributed by atoms with E-state index in [1.54, 1.807) is 12.1 Å². The molecule has 1 aliphatic heterocycles. The lowest BCUT2D eigenvalue weighted by atomic mass is 10.0. The highest BCUT2D eigenvalue weighted by Gasteiger charge is 2.24. The highest BCUT2D eigenvalue weighted by atomic mass is 19.1. The maximum Gasteiger partial charge on any atom is 0.123 e. The first kappa shape index (κ1) is 14.2. The van der Waals surface area contributed by atoms with Crippen molar-refractivity contribution in [1.82, 2.24) is 20.0 Å². The van der Waals surface area contributed by atoms with Gasteiger partial charge in [0.05, 0.1) is 5.69 Å². The van der Waals surface area contributed by atoms with Gasteiger partial charge in [0.2, 0.25) is 0 Å². The van der Waals surface area contributed by atoms with E-state index in [2.05, 4.69) is 28.3 Å². The molecule has 3 rings (SSSR count). The van der Waals surface area contributed by atoms with E-state index in [1.807, 2.05) is 16.9 Å². The molecule has 2 heterocycles. The zero-order valence-corrected chi connectivity index (χ0v) is 12.3. The average molecular weight is 288 g/mol. The number of nitrogens with zero attached hydrogens (tertiary/aromatic N) is 3. The summed E-state index contributed by atoms with van der Waals surface area (Å²) in [6, 6.07) is 9.19. The van der Waals surface area contributed by atoms with Crippen molar-refractivity contribution in [2.45, 2.75) is 26.1 Å². The van der Waals surface area contributed by atoms with E-state index in [0.29, 0.717) is 0 Å². The summed E-state index contributed by atoms with van der Waals surface area (Å²) in [6.45, 7) is 6.58. The zero-order valence-electron chi connectivity index (χ0n) is 12.3. The fourth-order valence-electron chi connectivity index (χ4n) is 2.97. The number of aromatic nitrogens is 2. The van der Waals surface area contributed by atoms with Crippen LogP contribution in [0.4, 0.5) is 4.39 Å². The Labute approximate surface area is 124 Å². The van der Waals surface area contributed by atoms with E-state index in [1.165, 1.54) is 11.8 Å². The van der Waals surface area contributed by atoms with E-state index < -0.39 is 0 Å². The maximum absolute atomic E-state index is 13.5. The predicted octanol–water partition coefficient (Wildman–Crippen LogP) is 2.19. The van der Waals surface area contributed by atoms with Gasteiger partial charge in [-0.1, -0.05) is 12.1 Å². The van der Waals surface area contributed by atoms with Gasteiger partial charge in [-0.3, -0.25) is 9.58 Å². The molecule has 112 valence electrons. The lowest BCUT2D eigenvalue weighted by Gasteiger charge is -2.36. The number of benzene rings is 1. The molecule has 1 aromatic heterocycles. The molecule has 1 aliphatic rings. The fraction of sp³-hybridized carbons (Fsp3) is 0.438. The molecule has 0 saturated carbocycles. The van der Waals surface area contributed by atoms with Gasteiger partial charge in [-0.15, -0.1) is 0 Å². The van der Waals surface area contributed by atoms with Gasteiger partial charge in [0, 0.05) is 45.0 Å². The van der Waals surface area contributed by atoms with Crippen LogP contribution in [0.25, 0.3) is 0 Å². The highest BCUT2D eigenvalue weighted by molar-refractivity contribution is 5.21. The first-order valence-electron chi connectivity index (χ1n) is 7.49.